The van der Waals surface area contributed by atoms with E-state index in [2.05, 4.69) is 36.3 Å². The van der Waals surface area contributed by atoms with Gasteiger partial charge in [-0.3, -0.25) is 0 Å². The number of ether oxygens (including phenoxy) is 2. The van der Waals surface area contributed by atoms with Crippen LogP contribution in [0.15, 0.2) is 42.5 Å². The van der Waals surface area contributed by atoms with Gasteiger partial charge in [-0.1, -0.05) is 64.6 Å². The highest BCUT2D eigenvalue weighted by atomic mass is 35.5. The molecule has 0 bridgehead atoms. The van der Waals surface area contributed by atoms with Crippen LogP contribution >= 0.6 is 46.4 Å². The zero-order valence-electron chi connectivity index (χ0n) is 23.0. The molecule has 0 radical (unpaired) electrons. The summed E-state index contributed by atoms with van der Waals surface area (Å²) in [5, 5.41) is 1.10. The van der Waals surface area contributed by atoms with E-state index in [4.69, 9.17) is 55.9 Å². The van der Waals surface area contributed by atoms with E-state index in [0.717, 1.165) is 40.9 Å². The molecule has 0 amide bonds. The number of fused-ring (bicyclic) bond motifs is 2. The van der Waals surface area contributed by atoms with Crippen LogP contribution in [-0.4, -0.2) is 30.2 Å². The van der Waals surface area contributed by atoms with Crippen molar-refractivity contribution in [2.75, 3.05) is 24.6 Å². The Kier molecular flexibility index (Phi) is 7.97. The van der Waals surface area contributed by atoms with Gasteiger partial charge in [0.05, 0.1) is 32.3 Å². The average molecular weight is 620 g/mol. The molecule has 0 aliphatic carbocycles. The summed E-state index contributed by atoms with van der Waals surface area (Å²) in [6.07, 6.45) is 0. The quantitative estimate of drug-likeness (QED) is 0.112. The number of halogens is 4. The van der Waals surface area contributed by atoms with E-state index in [1.54, 1.807) is 0 Å². The Balaban J connectivity index is 2.00. The number of rotatable bonds is 8. The third-order valence-corrected chi connectivity index (χ3v) is 9.54. The highest BCUT2D eigenvalue weighted by molar-refractivity contribution is 6.53. The van der Waals surface area contributed by atoms with Crippen LogP contribution in [0.25, 0.3) is 10.9 Å². The van der Waals surface area contributed by atoms with E-state index in [0.29, 0.717) is 30.0 Å². The Morgan fingerprint density at radius 1 is 0.900 bits per heavy atom. The van der Waals surface area contributed by atoms with Crippen molar-refractivity contribution in [2.45, 2.75) is 46.8 Å². The van der Waals surface area contributed by atoms with Crippen LogP contribution in [-0.2, 0) is 16.9 Å². The smallest absolute Gasteiger partial charge is 0.341 e. The summed E-state index contributed by atoms with van der Waals surface area (Å²) in [5.74, 6) is -0.0676. The molecule has 2 heterocycles. The third kappa shape index (κ3) is 4.08. The highest BCUT2D eigenvalue weighted by Gasteiger charge is 2.55. The molecule has 0 saturated carbocycles. The van der Waals surface area contributed by atoms with E-state index in [9.17, 15) is 4.79 Å². The van der Waals surface area contributed by atoms with Gasteiger partial charge in [-0.05, 0) is 52.8 Å². The van der Waals surface area contributed by atoms with Crippen molar-refractivity contribution in [1.29, 1.82) is 0 Å². The number of hydrogen-bond donors (Lipinski definition) is 0. The van der Waals surface area contributed by atoms with Crippen molar-refractivity contribution in [2.24, 2.45) is 0 Å². The summed E-state index contributed by atoms with van der Waals surface area (Å²) in [4.78, 5) is 16.0. The van der Waals surface area contributed by atoms with E-state index in [1.165, 1.54) is 0 Å². The zero-order chi connectivity index (χ0) is 28.9. The van der Waals surface area contributed by atoms with Gasteiger partial charge >= 0.3 is 5.97 Å². The summed E-state index contributed by atoms with van der Waals surface area (Å²) < 4.78 is 15.0. The molecule has 9 heteroatoms. The highest BCUT2D eigenvalue weighted by Crippen LogP contribution is 2.59. The first-order chi connectivity index (χ1) is 19.2. The number of cyclic esters (lactones) is 1. The van der Waals surface area contributed by atoms with Crippen molar-refractivity contribution in [3.8, 4) is 5.75 Å². The van der Waals surface area contributed by atoms with Crippen LogP contribution in [0.2, 0.25) is 20.1 Å². The molecule has 3 aromatic carbocycles. The summed E-state index contributed by atoms with van der Waals surface area (Å²) in [5.41, 5.74) is 3.24. The van der Waals surface area contributed by atoms with Crippen LogP contribution in [0.4, 0.5) is 5.69 Å². The van der Waals surface area contributed by atoms with Crippen molar-refractivity contribution < 1.29 is 14.3 Å². The van der Waals surface area contributed by atoms with E-state index in [-0.39, 0.29) is 25.7 Å². The first-order valence-electron chi connectivity index (χ1n) is 13.4. The molecule has 0 saturated heterocycles. The van der Waals surface area contributed by atoms with Gasteiger partial charge in [-0.2, -0.15) is 0 Å². The van der Waals surface area contributed by atoms with Crippen molar-refractivity contribution in [1.82, 2.24) is 4.57 Å². The summed E-state index contributed by atoms with van der Waals surface area (Å²) in [7, 11) is 0. The Morgan fingerprint density at radius 3 is 2.23 bits per heavy atom. The molecule has 1 aromatic heterocycles. The second kappa shape index (κ2) is 11.0. The maximum Gasteiger partial charge on any atom is 0.341 e. The Morgan fingerprint density at radius 2 is 1.57 bits per heavy atom. The van der Waals surface area contributed by atoms with Crippen molar-refractivity contribution in [3.05, 3.63) is 90.5 Å². The second-order valence-corrected chi connectivity index (χ2v) is 11.1. The molecule has 1 aliphatic heterocycles. The topological polar surface area (TPSA) is 43.7 Å². The second-order valence-electron chi connectivity index (χ2n) is 9.58. The van der Waals surface area contributed by atoms with Crippen LogP contribution in [0.5, 0.6) is 5.75 Å². The van der Waals surface area contributed by atoms with Crippen LogP contribution < -0.4 is 9.64 Å². The van der Waals surface area contributed by atoms with Gasteiger partial charge in [0.25, 0.3) is 0 Å². The van der Waals surface area contributed by atoms with Gasteiger partial charge < -0.3 is 18.9 Å². The fourth-order valence-corrected chi connectivity index (χ4v) is 7.10. The van der Waals surface area contributed by atoms with Gasteiger partial charge in [-0.25, -0.2) is 4.79 Å². The maximum absolute atomic E-state index is 13.8. The lowest BCUT2D eigenvalue weighted by Gasteiger charge is -2.34. The minimum Gasteiger partial charge on any atom is -0.493 e. The molecule has 0 spiro atoms. The van der Waals surface area contributed by atoms with Gasteiger partial charge in [0.2, 0.25) is 0 Å². The molecule has 1 atom stereocenters. The zero-order valence-corrected chi connectivity index (χ0v) is 26.0. The third-order valence-electron chi connectivity index (χ3n) is 7.74. The number of anilines is 1. The van der Waals surface area contributed by atoms with E-state index in [1.807, 2.05) is 50.2 Å². The minimum atomic E-state index is -1.52. The Labute approximate surface area is 254 Å². The lowest BCUT2D eigenvalue weighted by Crippen LogP contribution is -2.32. The monoisotopic (exact) mass is 618 g/mol. The normalized spacial score (nSPS) is 16.4. The summed E-state index contributed by atoms with van der Waals surface area (Å²) in [6, 6.07) is 14.0. The molecule has 0 fully saturated rings. The molecule has 4 aromatic rings. The van der Waals surface area contributed by atoms with Crippen LogP contribution in [0.1, 0.15) is 60.4 Å². The molecule has 0 N–H and O–H groups in total. The van der Waals surface area contributed by atoms with Gasteiger partial charge in [-0.15, -0.1) is 0 Å². The average Bonchev–Trinajstić information content (AvgIpc) is 3.42. The molecule has 1 aliphatic rings. The van der Waals surface area contributed by atoms with Crippen molar-refractivity contribution in [3.63, 3.8) is 0 Å². The number of carbonyl (C=O) groups is 1. The molecular weight excluding hydrogens is 590 g/mol. The largest absolute Gasteiger partial charge is 0.493 e. The van der Waals surface area contributed by atoms with Crippen molar-refractivity contribution >= 4 is 69.0 Å². The fraction of sp³-hybridized carbons (Fsp3) is 0.323. The van der Waals surface area contributed by atoms with Gasteiger partial charge in [0.1, 0.15) is 5.75 Å². The first kappa shape index (κ1) is 28.9. The molecule has 1 unspecified atom stereocenters. The van der Waals surface area contributed by atoms with E-state index < -0.39 is 11.6 Å². The lowest BCUT2D eigenvalue weighted by atomic mass is 9.78. The number of aromatic nitrogens is 1. The number of carbonyl (C=O) groups excluding carboxylic acids is 1. The van der Waals surface area contributed by atoms with E-state index >= 15 is 0 Å². The standard InChI is InChI=1S/C31H30Cl4N2O3/c1-6-36(7-2)18-14-15-20(22(16-18)39-9-4)31(24-17(5)37(8-3)21-13-11-10-12-19(21)24)25-23(30(38)40-31)26(32)28(34)29(35)27(25)33/h10-16H,6-9H2,1-5H3. The first-order valence-corrected chi connectivity index (χ1v) is 14.9. The SMILES string of the molecule is CCOc1cc(N(CC)CC)ccc1C1(c2c(C)n(CC)c3ccccc23)OC(=O)c2c(Cl)c(Cl)c(Cl)c(Cl)c21. The molecule has 40 heavy (non-hydrogen) atoms. The Bertz CT molecular complexity index is 1640. The minimum absolute atomic E-state index is 0.00699. The Hall–Kier alpha value is -2.57. The number of aryl methyl sites for hydroxylation is 1. The number of nitrogens with zero attached hydrogens (tertiary/aromatic N) is 2. The van der Waals surface area contributed by atoms with Gasteiger partial charge in [0.15, 0.2) is 5.60 Å². The summed E-state index contributed by atoms with van der Waals surface area (Å²) >= 11 is 26.8. The maximum atomic E-state index is 13.8. The fourth-order valence-electron chi connectivity index (χ4n) is 6.04. The van der Waals surface area contributed by atoms with Crippen LogP contribution in [0, 0.1) is 6.92 Å². The molecule has 5 nitrogen and oxygen atoms in total. The lowest BCUT2D eigenvalue weighted by molar-refractivity contribution is 0.0246. The predicted octanol–water partition coefficient (Wildman–Crippen LogP) is 9.29. The number of para-hydroxylation sites is 1. The summed E-state index contributed by atoms with van der Waals surface area (Å²) in [6.45, 7) is 13.0. The molecule has 5 rings (SSSR count). The number of esters is 1. The molecular formula is C31H30Cl4N2O3. The van der Waals surface area contributed by atoms with Crippen LogP contribution in [0.3, 0.4) is 0 Å². The van der Waals surface area contributed by atoms with Gasteiger partial charge in [0, 0.05) is 64.7 Å². The number of benzene rings is 3. The molecule has 210 valence electrons. The predicted molar refractivity (Wildman–Crippen MR) is 165 cm³/mol. The number of hydrogen-bond acceptors (Lipinski definition) is 4.